The molecule has 0 heterocycles. The summed E-state index contributed by atoms with van der Waals surface area (Å²) in [4.78, 5) is 11.1. The van der Waals surface area contributed by atoms with Crippen molar-refractivity contribution in [3.63, 3.8) is 0 Å². The largest absolute Gasteiger partial charge is 0.381 e. The van der Waals surface area contributed by atoms with Crippen molar-refractivity contribution in [1.82, 2.24) is 0 Å². The Kier molecular flexibility index (Phi) is 6.51. The molecule has 2 nitrogen and oxygen atoms in total. The monoisotopic (exact) mass is 184 g/mol. The average Bonchev–Trinajstić information content (AvgIpc) is 2.04. The molecule has 0 aromatic rings. The van der Waals surface area contributed by atoms with E-state index in [9.17, 15) is 9.90 Å². The first-order chi connectivity index (χ1) is 6.07. The van der Waals surface area contributed by atoms with E-state index in [4.69, 9.17) is 0 Å². The summed E-state index contributed by atoms with van der Waals surface area (Å²) in [5, 5.41) is 9.33. The summed E-state index contributed by atoms with van der Waals surface area (Å²) in [6.07, 6.45) is 4.76. The third-order valence-corrected chi connectivity index (χ3v) is 1.75. The van der Waals surface area contributed by atoms with E-state index < -0.39 is 6.10 Å². The van der Waals surface area contributed by atoms with Crippen LogP contribution in [-0.4, -0.2) is 17.0 Å². The second kappa shape index (κ2) is 6.84. The van der Waals surface area contributed by atoms with Gasteiger partial charge in [0.2, 0.25) is 0 Å². The highest BCUT2D eigenvalue weighted by Crippen LogP contribution is 2.02. The van der Waals surface area contributed by atoms with Gasteiger partial charge in [-0.1, -0.05) is 32.9 Å². The van der Waals surface area contributed by atoms with Gasteiger partial charge in [0.15, 0.2) is 5.78 Å². The molecule has 0 aromatic heterocycles. The van der Waals surface area contributed by atoms with E-state index >= 15 is 0 Å². The Morgan fingerprint density at radius 2 is 2.08 bits per heavy atom. The van der Waals surface area contributed by atoms with Crippen molar-refractivity contribution in [2.45, 2.75) is 46.1 Å². The quantitative estimate of drug-likeness (QED) is 0.643. The van der Waals surface area contributed by atoms with Crippen LogP contribution in [0.4, 0.5) is 0 Å². The van der Waals surface area contributed by atoms with Gasteiger partial charge in [-0.05, 0) is 18.8 Å². The van der Waals surface area contributed by atoms with E-state index in [0.717, 1.165) is 12.8 Å². The summed E-state index contributed by atoms with van der Waals surface area (Å²) in [7, 11) is 0. The number of rotatable bonds is 6. The van der Waals surface area contributed by atoms with Crippen LogP contribution < -0.4 is 0 Å². The molecule has 0 amide bonds. The lowest BCUT2D eigenvalue weighted by Gasteiger charge is -2.03. The molecule has 0 saturated heterocycles. The summed E-state index contributed by atoms with van der Waals surface area (Å²) in [6, 6.07) is 0. The Morgan fingerprint density at radius 1 is 1.46 bits per heavy atom. The van der Waals surface area contributed by atoms with Gasteiger partial charge in [-0.3, -0.25) is 4.79 Å². The summed E-state index contributed by atoms with van der Waals surface area (Å²) < 4.78 is 0. The van der Waals surface area contributed by atoms with Crippen LogP contribution in [0.2, 0.25) is 0 Å². The molecule has 0 rings (SSSR count). The van der Waals surface area contributed by atoms with Gasteiger partial charge >= 0.3 is 0 Å². The van der Waals surface area contributed by atoms with Crippen LogP contribution in [-0.2, 0) is 4.79 Å². The van der Waals surface area contributed by atoms with E-state index in [1.807, 2.05) is 13.0 Å². The van der Waals surface area contributed by atoms with E-state index in [-0.39, 0.29) is 5.78 Å². The Hall–Kier alpha value is -0.630. The third-order valence-electron chi connectivity index (χ3n) is 1.75. The van der Waals surface area contributed by atoms with Gasteiger partial charge in [0.25, 0.3) is 0 Å². The number of hydrogen-bond donors (Lipinski definition) is 1. The third kappa shape index (κ3) is 6.52. The zero-order chi connectivity index (χ0) is 10.3. The van der Waals surface area contributed by atoms with E-state index in [1.54, 1.807) is 6.08 Å². The normalized spacial score (nSPS) is 13.9. The summed E-state index contributed by atoms with van der Waals surface area (Å²) in [5.41, 5.74) is 0. The molecule has 0 aliphatic rings. The standard InChI is InChI=1S/C11H20O2/c1-4-6-10(12)11(13)8-5-7-9(2)3/h5,8-9,11,13H,4,6-7H2,1-3H3. The maximum Gasteiger partial charge on any atom is 0.165 e. The smallest absolute Gasteiger partial charge is 0.165 e. The highest BCUT2D eigenvalue weighted by molar-refractivity contribution is 5.84. The molecule has 1 N–H and O–H groups in total. The first kappa shape index (κ1) is 12.4. The number of allylic oxidation sites excluding steroid dienone is 1. The van der Waals surface area contributed by atoms with Crippen molar-refractivity contribution in [3.05, 3.63) is 12.2 Å². The molecule has 76 valence electrons. The molecule has 1 atom stereocenters. The van der Waals surface area contributed by atoms with Crippen molar-refractivity contribution >= 4 is 5.78 Å². The second-order valence-electron chi connectivity index (χ2n) is 3.72. The maximum atomic E-state index is 11.1. The van der Waals surface area contributed by atoms with E-state index in [0.29, 0.717) is 12.3 Å². The molecular weight excluding hydrogens is 164 g/mol. The molecule has 0 aliphatic carbocycles. The summed E-state index contributed by atoms with van der Waals surface area (Å²) in [5.74, 6) is 0.493. The van der Waals surface area contributed by atoms with Crippen LogP contribution in [0.5, 0.6) is 0 Å². The fourth-order valence-electron chi connectivity index (χ4n) is 0.981. The minimum atomic E-state index is -0.890. The Balaban J connectivity index is 3.77. The van der Waals surface area contributed by atoms with Gasteiger partial charge in [-0.2, -0.15) is 0 Å². The maximum absolute atomic E-state index is 11.1. The van der Waals surface area contributed by atoms with Crippen LogP contribution >= 0.6 is 0 Å². The van der Waals surface area contributed by atoms with Gasteiger partial charge in [-0.15, -0.1) is 0 Å². The summed E-state index contributed by atoms with van der Waals surface area (Å²) >= 11 is 0. The average molecular weight is 184 g/mol. The predicted octanol–water partition coefficient (Wildman–Crippen LogP) is 2.32. The molecule has 0 fully saturated rings. The summed E-state index contributed by atoms with van der Waals surface area (Å²) in [6.45, 7) is 6.14. The van der Waals surface area contributed by atoms with Crippen LogP contribution in [0, 0.1) is 5.92 Å². The Labute approximate surface area is 80.7 Å². The van der Waals surface area contributed by atoms with Crippen molar-refractivity contribution < 1.29 is 9.90 Å². The van der Waals surface area contributed by atoms with Crippen LogP contribution in [0.3, 0.4) is 0 Å². The van der Waals surface area contributed by atoms with Crippen molar-refractivity contribution in [3.8, 4) is 0 Å². The molecule has 0 aromatic carbocycles. The lowest BCUT2D eigenvalue weighted by atomic mass is 10.1. The van der Waals surface area contributed by atoms with E-state index in [2.05, 4.69) is 13.8 Å². The highest BCUT2D eigenvalue weighted by atomic mass is 16.3. The van der Waals surface area contributed by atoms with Crippen molar-refractivity contribution in [2.24, 2.45) is 5.92 Å². The van der Waals surface area contributed by atoms with Crippen molar-refractivity contribution in [1.29, 1.82) is 0 Å². The molecule has 1 unspecified atom stereocenters. The molecule has 0 spiro atoms. The lowest BCUT2D eigenvalue weighted by Crippen LogP contribution is -2.16. The van der Waals surface area contributed by atoms with Crippen molar-refractivity contribution in [2.75, 3.05) is 0 Å². The number of Topliss-reactive ketones (excluding diaryl/α,β-unsaturated/α-hetero) is 1. The zero-order valence-corrected chi connectivity index (χ0v) is 8.79. The fourth-order valence-corrected chi connectivity index (χ4v) is 0.981. The number of ketones is 1. The topological polar surface area (TPSA) is 37.3 Å². The molecule has 13 heavy (non-hydrogen) atoms. The molecule has 2 heteroatoms. The number of carbonyl (C=O) groups excluding carboxylic acids is 1. The minimum absolute atomic E-state index is 0.0810. The molecule has 0 saturated carbocycles. The minimum Gasteiger partial charge on any atom is -0.381 e. The predicted molar refractivity (Wildman–Crippen MR) is 54.5 cm³/mol. The molecular formula is C11H20O2. The van der Waals surface area contributed by atoms with Gasteiger partial charge in [-0.25, -0.2) is 0 Å². The molecule has 0 bridgehead atoms. The van der Waals surface area contributed by atoms with Gasteiger partial charge in [0.05, 0.1) is 0 Å². The van der Waals surface area contributed by atoms with Gasteiger partial charge in [0.1, 0.15) is 6.10 Å². The molecule has 0 radical (unpaired) electrons. The zero-order valence-electron chi connectivity index (χ0n) is 8.79. The lowest BCUT2D eigenvalue weighted by molar-refractivity contribution is -0.124. The van der Waals surface area contributed by atoms with Gasteiger partial charge in [0, 0.05) is 6.42 Å². The molecule has 0 aliphatic heterocycles. The number of hydrogen-bond acceptors (Lipinski definition) is 2. The number of aliphatic hydroxyl groups excluding tert-OH is 1. The second-order valence-corrected chi connectivity index (χ2v) is 3.72. The van der Waals surface area contributed by atoms with Crippen LogP contribution in [0.25, 0.3) is 0 Å². The highest BCUT2D eigenvalue weighted by Gasteiger charge is 2.08. The number of aliphatic hydroxyl groups is 1. The first-order valence-corrected chi connectivity index (χ1v) is 4.95. The van der Waals surface area contributed by atoms with Gasteiger partial charge < -0.3 is 5.11 Å². The van der Waals surface area contributed by atoms with Crippen LogP contribution in [0.15, 0.2) is 12.2 Å². The van der Waals surface area contributed by atoms with Crippen LogP contribution in [0.1, 0.15) is 40.0 Å². The fraction of sp³-hybridized carbons (Fsp3) is 0.727. The Morgan fingerprint density at radius 3 is 2.54 bits per heavy atom. The SMILES string of the molecule is CCCC(=O)C(O)C=CCC(C)C. The first-order valence-electron chi connectivity index (χ1n) is 4.95. The number of carbonyl (C=O) groups is 1. The Bertz CT molecular complexity index is 171. The van der Waals surface area contributed by atoms with E-state index in [1.165, 1.54) is 0 Å².